The Labute approximate surface area is 225 Å². The molecule has 2 aromatic heterocycles. The summed E-state index contributed by atoms with van der Waals surface area (Å²) in [6, 6.07) is 14.7. The van der Waals surface area contributed by atoms with Crippen LogP contribution in [0.4, 0.5) is 4.39 Å². The van der Waals surface area contributed by atoms with Crippen LogP contribution in [0.1, 0.15) is 16.7 Å². The van der Waals surface area contributed by atoms with Gasteiger partial charge in [-0.25, -0.2) is 4.39 Å². The molecule has 0 aliphatic carbocycles. The number of ether oxygens (including phenoxy) is 3. The van der Waals surface area contributed by atoms with Crippen molar-refractivity contribution in [1.82, 2.24) is 14.3 Å². The van der Waals surface area contributed by atoms with Gasteiger partial charge in [0.05, 0.1) is 11.4 Å². The number of aromatic nitrogens is 2. The number of fused-ring (bicyclic) bond motifs is 2. The number of para-hydroxylation sites is 1. The first kappa shape index (κ1) is 24.1. The summed E-state index contributed by atoms with van der Waals surface area (Å²) in [5.74, 6) is 0.0474. The predicted octanol–water partition coefficient (Wildman–Crippen LogP) is 5.06. The van der Waals surface area contributed by atoms with Crippen molar-refractivity contribution in [3.05, 3.63) is 98.6 Å². The highest BCUT2D eigenvalue weighted by atomic mass is 32.2. The first-order chi connectivity index (χ1) is 18.4. The lowest BCUT2D eigenvalue weighted by molar-refractivity contribution is -0.122. The topological polar surface area (TPSA) is 82.4 Å². The zero-order valence-electron chi connectivity index (χ0n) is 19.8. The summed E-state index contributed by atoms with van der Waals surface area (Å²) >= 11 is 6.55. The van der Waals surface area contributed by atoms with Crippen LogP contribution in [-0.2, 0) is 11.3 Å². The fourth-order valence-corrected chi connectivity index (χ4v) is 5.35. The predicted molar refractivity (Wildman–Crippen MR) is 144 cm³/mol. The van der Waals surface area contributed by atoms with Gasteiger partial charge in [-0.15, -0.1) is 0 Å². The zero-order valence-corrected chi connectivity index (χ0v) is 21.5. The van der Waals surface area contributed by atoms with Gasteiger partial charge in [-0.3, -0.25) is 18.9 Å². The van der Waals surface area contributed by atoms with Crippen LogP contribution in [-0.4, -0.2) is 31.3 Å². The molecule has 2 aliphatic rings. The van der Waals surface area contributed by atoms with E-state index in [2.05, 4.69) is 4.98 Å². The Morgan fingerprint density at radius 1 is 1.13 bits per heavy atom. The van der Waals surface area contributed by atoms with Gasteiger partial charge in [0.15, 0.2) is 23.1 Å². The fourth-order valence-electron chi connectivity index (χ4n) is 4.11. The molecule has 11 heteroatoms. The maximum atomic E-state index is 14.4. The van der Waals surface area contributed by atoms with Crippen LogP contribution in [0, 0.1) is 12.7 Å². The fraction of sp³-hybridized carbons (Fsp3) is 0.111. The van der Waals surface area contributed by atoms with Crippen molar-refractivity contribution in [3.8, 4) is 23.1 Å². The van der Waals surface area contributed by atoms with Gasteiger partial charge in [0.2, 0.25) is 12.7 Å². The number of pyridine rings is 1. The summed E-state index contributed by atoms with van der Waals surface area (Å²) in [4.78, 5) is 33.1. The molecule has 6 rings (SSSR count). The van der Waals surface area contributed by atoms with Crippen LogP contribution < -0.4 is 19.8 Å². The summed E-state index contributed by atoms with van der Waals surface area (Å²) in [6.07, 6.45) is 2.98. The molecule has 0 spiro atoms. The standard InChI is InChI=1S/C27H18FN3O5S2/c1-15-5-4-10-30-23(15)29-24(36-19-7-3-2-6-18(19)28)17(25(30)32)12-22-26(33)31(27(37)38-22)13-16-8-9-20-21(11-16)35-14-34-20/h2-12H,13-14H2,1H3/b22-12+. The zero-order chi connectivity index (χ0) is 26.4. The summed E-state index contributed by atoms with van der Waals surface area (Å²) in [5, 5.41) is 0. The van der Waals surface area contributed by atoms with Crippen LogP contribution in [0.25, 0.3) is 11.7 Å². The average molecular weight is 548 g/mol. The molecule has 0 N–H and O–H groups in total. The van der Waals surface area contributed by atoms with E-state index in [0.29, 0.717) is 21.5 Å². The smallest absolute Gasteiger partial charge is 0.269 e. The minimum absolute atomic E-state index is 0.0000624. The Morgan fingerprint density at radius 3 is 2.79 bits per heavy atom. The van der Waals surface area contributed by atoms with Gasteiger partial charge >= 0.3 is 0 Å². The van der Waals surface area contributed by atoms with E-state index >= 15 is 0 Å². The number of rotatable bonds is 5. The Balaban J connectivity index is 1.39. The van der Waals surface area contributed by atoms with Crippen LogP contribution in [0.2, 0.25) is 0 Å². The van der Waals surface area contributed by atoms with E-state index in [1.54, 1.807) is 43.5 Å². The van der Waals surface area contributed by atoms with Crippen molar-refractivity contribution in [2.24, 2.45) is 0 Å². The number of thioether (sulfide) groups is 1. The number of nitrogens with zero attached hydrogens (tertiary/aromatic N) is 3. The Kier molecular flexibility index (Phi) is 6.09. The van der Waals surface area contributed by atoms with Crippen LogP contribution in [0.5, 0.6) is 23.1 Å². The van der Waals surface area contributed by atoms with Crippen LogP contribution >= 0.6 is 24.0 Å². The minimum Gasteiger partial charge on any atom is -0.454 e. The molecule has 1 fully saturated rings. The molecule has 0 bridgehead atoms. The quantitative estimate of drug-likeness (QED) is 0.253. The molecule has 0 radical (unpaired) electrons. The maximum Gasteiger partial charge on any atom is 0.269 e. The third-order valence-corrected chi connectivity index (χ3v) is 7.40. The second kappa shape index (κ2) is 9.58. The third-order valence-electron chi connectivity index (χ3n) is 6.02. The van der Waals surface area contributed by atoms with Gasteiger partial charge in [-0.1, -0.05) is 48.2 Å². The molecule has 4 aromatic rings. The molecule has 1 amide bonds. The van der Waals surface area contributed by atoms with E-state index in [0.717, 1.165) is 22.9 Å². The lowest BCUT2D eigenvalue weighted by Gasteiger charge is -2.15. The molecule has 4 heterocycles. The summed E-state index contributed by atoms with van der Waals surface area (Å²) < 4.78 is 32.7. The van der Waals surface area contributed by atoms with E-state index in [-0.39, 0.29) is 41.3 Å². The molecular weight excluding hydrogens is 529 g/mol. The van der Waals surface area contributed by atoms with E-state index in [9.17, 15) is 14.0 Å². The van der Waals surface area contributed by atoms with Gasteiger partial charge in [-0.2, -0.15) is 4.98 Å². The molecule has 8 nitrogen and oxygen atoms in total. The number of amides is 1. The number of carbonyl (C=O) groups excluding carboxylic acids is 1. The summed E-state index contributed by atoms with van der Waals surface area (Å²) in [6.45, 7) is 2.16. The Bertz CT molecular complexity index is 1740. The SMILES string of the molecule is Cc1cccn2c(=O)c(/C=C3/SC(=S)N(Cc4ccc5c(c4)OCO5)C3=O)c(Oc3ccccc3F)nc12. The van der Waals surface area contributed by atoms with Gasteiger partial charge in [0.1, 0.15) is 15.5 Å². The van der Waals surface area contributed by atoms with Gasteiger partial charge in [0.25, 0.3) is 11.5 Å². The van der Waals surface area contributed by atoms with Crippen molar-refractivity contribution in [2.75, 3.05) is 6.79 Å². The monoisotopic (exact) mass is 547 g/mol. The number of halogens is 1. The van der Waals surface area contributed by atoms with Crippen LogP contribution in [0.3, 0.4) is 0 Å². The molecule has 2 aliphatic heterocycles. The third kappa shape index (κ3) is 4.29. The number of carbonyl (C=O) groups is 1. The van der Waals surface area contributed by atoms with E-state index in [4.69, 9.17) is 26.4 Å². The number of hydrogen-bond donors (Lipinski definition) is 0. The normalized spacial score (nSPS) is 15.6. The Hall–Kier alpha value is -4.22. The average Bonchev–Trinajstić information content (AvgIpc) is 3.48. The van der Waals surface area contributed by atoms with E-state index in [1.165, 1.54) is 33.6 Å². The second-order valence-electron chi connectivity index (χ2n) is 8.51. The summed E-state index contributed by atoms with van der Waals surface area (Å²) in [5.41, 5.74) is 1.42. The lowest BCUT2D eigenvalue weighted by Crippen LogP contribution is -2.27. The molecular formula is C27H18FN3O5S2. The molecule has 0 saturated carbocycles. The van der Waals surface area contributed by atoms with Gasteiger partial charge in [0, 0.05) is 6.20 Å². The molecule has 190 valence electrons. The number of thiocarbonyl (C=S) groups is 1. The van der Waals surface area contributed by atoms with Crippen molar-refractivity contribution >= 4 is 45.9 Å². The van der Waals surface area contributed by atoms with E-state index < -0.39 is 11.4 Å². The number of aryl methyl sites for hydroxylation is 1. The highest BCUT2D eigenvalue weighted by Crippen LogP contribution is 2.37. The van der Waals surface area contributed by atoms with E-state index in [1.807, 2.05) is 6.07 Å². The number of benzene rings is 2. The number of hydrogen-bond acceptors (Lipinski definition) is 8. The molecule has 38 heavy (non-hydrogen) atoms. The Morgan fingerprint density at radius 2 is 1.95 bits per heavy atom. The van der Waals surface area contributed by atoms with Crippen molar-refractivity contribution in [1.29, 1.82) is 0 Å². The van der Waals surface area contributed by atoms with Crippen LogP contribution in [0.15, 0.2) is 70.5 Å². The first-order valence-electron chi connectivity index (χ1n) is 11.5. The summed E-state index contributed by atoms with van der Waals surface area (Å²) in [7, 11) is 0. The van der Waals surface area contributed by atoms with Crippen molar-refractivity contribution in [2.45, 2.75) is 13.5 Å². The largest absolute Gasteiger partial charge is 0.454 e. The first-order valence-corrected chi connectivity index (χ1v) is 12.7. The molecule has 2 aromatic carbocycles. The lowest BCUT2D eigenvalue weighted by atomic mass is 10.2. The highest BCUT2D eigenvalue weighted by Gasteiger charge is 2.33. The van der Waals surface area contributed by atoms with Crippen molar-refractivity contribution in [3.63, 3.8) is 0 Å². The highest BCUT2D eigenvalue weighted by molar-refractivity contribution is 8.26. The maximum absolute atomic E-state index is 14.4. The van der Waals surface area contributed by atoms with Gasteiger partial charge in [-0.05, 0) is 54.5 Å². The van der Waals surface area contributed by atoms with Crippen molar-refractivity contribution < 1.29 is 23.4 Å². The molecule has 0 atom stereocenters. The molecule has 0 unspecified atom stereocenters. The second-order valence-corrected chi connectivity index (χ2v) is 10.2. The molecule has 1 saturated heterocycles. The van der Waals surface area contributed by atoms with Gasteiger partial charge < -0.3 is 14.2 Å². The minimum atomic E-state index is -0.611.